The van der Waals surface area contributed by atoms with Crippen molar-refractivity contribution in [3.63, 3.8) is 0 Å². The van der Waals surface area contributed by atoms with E-state index in [1.165, 1.54) is 11.1 Å². The molecular weight excluding hydrogens is 338 g/mol. The lowest BCUT2D eigenvalue weighted by molar-refractivity contribution is 0.922. The second-order valence-electron chi connectivity index (χ2n) is 6.13. The molecule has 7 heteroatoms. The van der Waals surface area contributed by atoms with Crippen molar-refractivity contribution >= 4 is 24.2 Å². The van der Waals surface area contributed by atoms with Gasteiger partial charge in [0.25, 0.3) is 5.95 Å². The van der Waals surface area contributed by atoms with Gasteiger partial charge in [-0.05, 0) is 31.9 Å². The molecule has 7 nitrogen and oxygen atoms in total. The third-order valence-electron chi connectivity index (χ3n) is 3.77. The molecule has 0 aliphatic carbocycles. The number of hydrazone groups is 2. The maximum Gasteiger partial charge on any atom is 0.265 e. The average Bonchev–Trinajstić information content (AvgIpc) is 2.67. The molecule has 0 saturated heterocycles. The first kappa shape index (κ1) is 18.2. The Labute approximate surface area is 158 Å². The Morgan fingerprint density at radius 2 is 1.22 bits per heavy atom. The molecule has 0 spiro atoms. The van der Waals surface area contributed by atoms with Crippen LogP contribution in [0.2, 0.25) is 0 Å². The Hall–Kier alpha value is -3.61. The Morgan fingerprint density at radius 1 is 0.704 bits per heavy atom. The molecule has 0 amide bonds. The first-order chi connectivity index (χ1) is 13.1. The molecule has 3 rings (SSSR count). The molecular formula is C20H21N7. The molecule has 0 atom stereocenters. The number of rotatable bonds is 6. The van der Waals surface area contributed by atoms with E-state index in [2.05, 4.69) is 36.2 Å². The summed E-state index contributed by atoms with van der Waals surface area (Å²) >= 11 is 0. The van der Waals surface area contributed by atoms with E-state index in [0.29, 0.717) is 11.5 Å². The summed E-state index contributed by atoms with van der Waals surface area (Å²) in [5.74, 6) is 0.804. The Kier molecular flexibility index (Phi) is 5.84. The largest absolute Gasteiger partial charge is 0.265 e. The van der Waals surface area contributed by atoms with E-state index in [0.717, 1.165) is 11.1 Å². The van der Waals surface area contributed by atoms with Crippen LogP contribution in [-0.4, -0.2) is 27.6 Å². The predicted molar refractivity (Wildman–Crippen MR) is 109 cm³/mol. The number of benzene rings is 2. The minimum absolute atomic E-state index is 0.289. The molecule has 0 aliphatic heterocycles. The summed E-state index contributed by atoms with van der Waals surface area (Å²) in [4.78, 5) is 4.34. The summed E-state index contributed by atoms with van der Waals surface area (Å²) in [6, 6.07) is 16.1. The van der Waals surface area contributed by atoms with Gasteiger partial charge >= 0.3 is 0 Å². The number of aryl methyl sites for hydroxylation is 3. The number of hydrogen-bond donors (Lipinski definition) is 2. The highest BCUT2D eigenvalue weighted by Crippen LogP contribution is 2.10. The van der Waals surface area contributed by atoms with Crippen LogP contribution in [-0.2, 0) is 0 Å². The van der Waals surface area contributed by atoms with E-state index in [1.54, 1.807) is 12.4 Å². The summed E-state index contributed by atoms with van der Waals surface area (Å²) in [5, 5.41) is 16.4. The van der Waals surface area contributed by atoms with Crippen molar-refractivity contribution in [1.82, 2.24) is 15.2 Å². The molecule has 0 radical (unpaired) electrons. The number of nitrogens with one attached hydrogen (secondary N) is 2. The molecule has 136 valence electrons. The lowest BCUT2D eigenvalue weighted by Gasteiger charge is -2.04. The molecule has 0 fully saturated rings. The molecule has 1 heterocycles. The summed E-state index contributed by atoms with van der Waals surface area (Å²) in [6.07, 6.45) is 3.43. The predicted octanol–water partition coefficient (Wildman–Crippen LogP) is 3.69. The molecule has 0 unspecified atom stereocenters. The van der Waals surface area contributed by atoms with Gasteiger partial charge < -0.3 is 0 Å². The number of hydrogen-bond acceptors (Lipinski definition) is 7. The standard InChI is InChI=1S/C20H21N7/c1-14-4-8-17(9-5-14)12-21-25-19-16(3)24-27-20(23-19)26-22-13-18-10-6-15(2)7-11-18/h4-13H,1-3H3,(H2,23,25,26,27). The van der Waals surface area contributed by atoms with Crippen molar-refractivity contribution < 1.29 is 0 Å². The maximum absolute atomic E-state index is 4.34. The van der Waals surface area contributed by atoms with Gasteiger partial charge in [-0.3, -0.25) is 5.43 Å². The molecule has 27 heavy (non-hydrogen) atoms. The third kappa shape index (κ3) is 5.43. The highest BCUT2D eigenvalue weighted by molar-refractivity contribution is 5.80. The van der Waals surface area contributed by atoms with Crippen LogP contribution >= 0.6 is 0 Å². The van der Waals surface area contributed by atoms with Gasteiger partial charge in [-0.25, -0.2) is 5.43 Å². The Balaban J connectivity index is 1.63. The topological polar surface area (TPSA) is 87.5 Å². The number of nitrogens with zero attached hydrogens (tertiary/aromatic N) is 5. The van der Waals surface area contributed by atoms with Crippen molar-refractivity contribution in [2.24, 2.45) is 10.2 Å². The van der Waals surface area contributed by atoms with Crippen LogP contribution < -0.4 is 10.9 Å². The van der Waals surface area contributed by atoms with Crippen LogP contribution in [0.5, 0.6) is 0 Å². The van der Waals surface area contributed by atoms with Crippen LogP contribution in [0.15, 0.2) is 58.7 Å². The zero-order valence-electron chi connectivity index (χ0n) is 15.5. The second kappa shape index (κ2) is 8.66. The van der Waals surface area contributed by atoms with Crippen LogP contribution in [0.4, 0.5) is 11.8 Å². The lowest BCUT2D eigenvalue weighted by Crippen LogP contribution is -2.05. The highest BCUT2D eigenvalue weighted by Gasteiger charge is 2.03. The van der Waals surface area contributed by atoms with E-state index < -0.39 is 0 Å². The fourth-order valence-corrected chi connectivity index (χ4v) is 2.17. The van der Waals surface area contributed by atoms with Crippen molar-refractivity contribution in [2.75, 3.05) is 10.9 Å². The molecule has 0 bridgehead atoms. The normalized spacial score (nSPS) is 11.2. The van der Waals surface area contributed by atoms with Gasteiger partial charge in [0.1, 0.15) is 5.69 Å². The van der Waals surface area contributed by atoms with E-state index in [-0.39, 0.29) is 5.95 Å². The van der Waals surface area contributed by atoms with Gasteiger partial charge in [0, 0.05) is 0 Å². The van der Waals surface area contributed by atoms with Crippen LogP contribution in [0.1, 0.15) is 27.9 Å². The highest BCUT2D eigenvalue weighted by atomic mass is 15.4. The fourth-order valence-electron chi connectivity index (χ4n) is 2.17. The van der Waals surface area contributed by atoms with Gasteiger partial charge in [-0.1, -0.05) is 59.7 Å². The fraction of sp³-hybridized carbons (Fsp3) is 0.150. The second-order valence-corrected chi connectivity index (χ2v) is 6.13. The van der Waals surface area contributed by atoms with Gasteiger partial charge in [0.15, 0.2) is 5.82 Å². The minimum Gasteiger partial charge on any atom is -0.260 e. The van der Waals surface area contributed by atoms with Gasteiger partial charge in [-0.2, -0.15) is 15.2 Å². The van der Waals surface area contributed by atoms with Crippen molar-refractivity contribution in [3.05, 3.63) is 76.5 Å². The summed E-state index contributed by atoms with van der Waals surface area (Å²) in [6.45, 7) is 5.90. The summed E-state index contributed by atoms with van der Waals surface area (Å²) in [7, 11) is 0. The Morgan fingerprint density at radius 3 is 1.78 bits per heavy atom. The lowest BCUT2D eigenvalue weighted by atomic mass is 10.2. The summed E-state index contributed by atoms with van der Waals surface area (Å²) in [5.41, 5.74) is 10.7. The van der Waals surface area contributed by atoms with Gasteiger partial charge in [0.2, 0.25) is 0 Å². The Bertz CT molecular complexity index is 945. The van der Waals surface area contributed by atoms with Gasteiger partial charge in [-0.15, -0.1) is 10.2 Å². The molecule has 2 aromatic carbocycles. The van der Waals surface area contributed by atoms with Crippen molar-refractivity contribution in [3.8, 4) is 0 Å². The molecule has 1 aromatic heterocycles. The van der Waals surface area contributed by atoms with Gasteiger partial charge in [0.05, 0.1) is 12.4 Å². The molecule has 2 N–H and O–H groups in total. The zero-order chi connectivity index (χ0) is 19.1. The first-order valence-electron chi connectivity index (χ1n) is 8.53. The quantitative estimate of drug-likeness (QED) is 0.518. The molecule has 3 aromatic rings. The average molecular weight is 359 g/mol. The third-order valence-corrected chi connectivity index (χ3v) is 3.77. The van der Waals surface area contributed by atoms with Crippen LogP contribution in [0, 0.1) is 20.8 Å². The van der Waals surface area contributed by atoms with E-state index in [9.17, 15) is 0 Å². The van der Waals surface area contributed by atoms with E-state index >= 15 is 0 Å². The number of aromatic nitrogens is 3. The number of anilines is 2. The first-order valence-corrected chi connectivity index (χ1v) is 8.53. The summed E-state index contributed by atoms with van der Waals surface area (Å²) < 4.78 is 0. The van der Waals surface area contributed by atoms with Crippen molar-refractivity contribution in [1.29, 1.82) is 0 Å². The van der Waals surface area contributed by atoms with E-state index in [4.69, 9.17) is 0 Å². The maximum atomic E-state index is 4.34. The van der Waals surface area contributed by atoms with Crippen LogP contribution in [0.3, 0.4) is 0 Å². The zero-order valence-corrected chi connectivity index (χ0v) is 15.5. The van der Waals surface area contributed by atoms with Crippen molar-refractivity contribution in [2.45, 2.75) is 20.8 Å². The van der Waals surface area contributed by atoms with Crippen LogP contribution in [0.25, 0.3) is 0 Å². The molecule has 0 aliphatic rings. The van der Waals surface area contributed by atoms with E-state index in [1.807, 2.05) is 69.3 Å². The smallest absolute Gasteiger partial charge is 0.260 e. The minimum atomic E-state index is 0.289. The monoisotopic (exact) mass is 359 g/mol. The molecule has 0 saturated carbocycles. The SMILES string of the molecule is Cc1ccc(C=NNc2nnc(C)c(NN=Cc3ccc(C)cc3)n2)cc1.